The molecular weight excluding hydrogens is 225 g/mol. The Kier molecular flexibility index (Phi) is 3.80. The normalized spacial score (nSPS) is 30.4. The number of hydrogen-bond donors (Lipinski definition) is 2. The molecule has 0 spiro atoms. The molecule has 7 heteroatoms. The van der Waals surface area contributed by atoms with E-state index in [1.54, 1.807) is 6.92 Å². The third-order valence-electron chi connectivity index (χ3n) is 2.73. The van der Waals surface area contributed by atoms with E-state index in [2.05, 4.69) is 5.32 Å². The molecule has 0 radical (unpaired) electrons. The zero-order valence-corrected chi connectivity index (χ0v) is 8.93. The average molecular weight is 240 g/mol. The highest BCUT2D eigenvalue weighted by Gasteiger charge is 2.44. The van der Waals surface area contributed by atoms with Gasteiger partial charge in [-0.15, -0.1) is 0 Å². The van der Waals surface area contributed by atoms with Crippen LogP contribution in [0.25, 0.3) is 0 Å². The lowest BCUT2D eigenvalue weighted by molar-refractivity contribution is -0.138. The van der Waals surface area contributed by atoms with Crippen LogP contribution < -0.4 is 11.1 Å². The number of ether oxygens (including phenoxy) is 1. The summed E-state index contributed by atoms with van der Waals surface area (Å²) >= 11 is 0. The largest absolute Gasteiger partial charge is 0.390 e. The van der Waals surface area contributed by atoms with Crippen molar-refractivity contribution < 1.29 is 22.7 Å². The van der Waals surface area contributed by atoms with E-state index in [9.17, 15) is 18.0 Å². The molecule has 1 saturated heterocycles. The van der Waals surface area contributed by atoms with Crippen molar-refractivity contribution in [1.82, 2.24) is 5.32 Å². The number of nitrogens with one attached hydrogen (secondary N) is 1. The summed E-state index contributed by atoms with van der Waals surface area (Å²) in [7, 11) is 0. The predicted molar refractivity (Wildman–Crippen MR) is 50.6 cm³/mol. The second kappa shape index (κ2) is 4.58. The van der Waals surface area contributed by atoms with Crippen molar-refractivity contribution in [2.24, 2.45) is 11.1 Å². The first-order chi connectivity index (χ1) is 7.26. The SMILES string of the molecule is CC1(C(=O)NCCC(F)(F)F)COCC1N. The lowest BCUT2D eigenvalue weighted by Gasteiger charge is -2.25. The maximum Gasteiger partial charge on any atom is 0.390 e. The van der Waals surface area contributed by atoms with Crippen molar-refractivity contribution in [3.63, 3.8) is 0 Å². The highest BCUT2D eigenvalue weighted by Crippen LogP contribution is 2.27. The minimum Gasteiger partial charge on any atom is -0.379 e. The number of rotatable bonds is 3. The number of nitrogens with two attached hydrogens (primary N) is 1. The van der Waals surface area contributed by atoms with E-state index in [0.29, 0.717) is 0 Å². The molecule has 1 aliphatic heterocycles. The Morgan fingerprint density at radius 3 is 2.69 bits per heavy atom. The first kappa shape index (κ1) is 13.2. The predicted octanol–water partition coefficient (Wildman–Crippen LogP) is 0.419. The van der Waals surface area contributed by atoms with Crippen LogP contribution in [0.4, 0.5) is 13.2 Å². The van der Waals surface area contributed by atoms with Crippen LogP contribution in [0.2, 0.25) is 0 Å². The lowest BCUT2D eigenvalue weighted by Crippen LogP contribution is -2.50. The number of carbonyl (C=O) groups excluding carboxylic acids is 1. The molecule has 1 amide bonds. The second-order valence-electron chi connectivity index (χ2n) is 4.16. The highest BCUT2D eigenvalue weighted by molar-refractivity contribution is 5.83. The molecule has 2 unspecified atom stereocenters. The molecule has 0 aromatic rings. The van der Waals surface area contributed by atoms with E-state index >= 15 is 0 Å². The Morgan fingerprint density at radius 2 is 2.25 bits per heavy atom. The Labute approximate surface area is 91.3 Å². The van der Waals surface area contributed by atoms with E-state index in [1.807, 2.05) is 0 Å². The zero-order valence-electron chi connectivity index (χ0n) is 8.93. The summed E-state index contributed by atoms with van der Waals surface area (Å²) in [5.74, 6) is -0.484. The van der Waals surface area contributed by atoms with Gasteiger partial charge in [0.05, 0.1) is 25.0 Å². The summed E-state index contributed by atoms with van der Waals surface area (Å²) in [6, 6.07) is -0.474. The van der Waals surface area contributed by atoms with Crippen molar-refractivity contribution in [2.45, 2.75) is 25.6 Å². The Hall–Kier alpha value is -0.820. The summed E-state index contributed by atoms with van der Waals surface area (Å²) in [4.78, 5) is 11.6. The Morgan fingerprint density at radius 1 is 1.62 bits per heavy atom. The maximum atomic E-state index is 11.9. The molecule has 1 aliphatic rings. The van der Waals surface area contributed by atoms with Gasteiger partial charge in [-0.3, -0.25) is 4.79 Å². The first-order valence-electron chi connectivity index (χ1n) is 4.94. The molecule has 0 aromatic heterocycles. The molecule has 0 saturated carbocycles. The number of amides is 1. The van der Waals surface area contributed by atoms with Gasteiger partial charge >= 0.3 is 6.18 Å². The van der Waals surface area contributed by atoms with Gasteiger partial charge in [-0.1, -0.05) is 0 Å². The average Bonchev–Trinajstić information content (AvgIpc) is 2.46. The van der Waals surface area contributed by atoms with Gasteiger partial charge in [0.15, 0.2) is 0 Å². The van der Waals surface area contributed by atoms with Gasteiger partial charge in [0.1, 0.15) is 0 Å². The van der Waals surface area contributed by atoms with Crippen LogP contribution in [-0.4, -0.2) is 37.9 Å². The molecule has 0 aliphatic carbocycles. The second-order valence-corrected chi connectivity index (χ2v) is 4.16. The molecule has 4 nitrogen and oxygen atoms in total. The van der Waals surface area contributed by atoms with Gasteiger partial charge in [-0.05, 0) is 6.92 Å². The van der Waals surface area contributed by atoms with Crippen LogP contribution in [0.5, 0.6) is 0 Å². The van der Waals surface area contributed by atoms with Gasteiger partial charge in [0.25, 0.3) is 0 Å². The smallest absolute Gasteiger partial charge is 0.379 e. The summed E-state index contributed by atoms with van der Waals surface area (Å²) in [6.45, 7) is 1.56. The van der Waals surface area contributed by atoms with Crippen LogP contribution in [0.3, 0.4) is 0 Å². The molecule has 1 rings (SSSR count). The highest BCUT2D eigenvalue weighted by atomic mass is 19.4. The van der Waals surface area contributed by atoms with Crippen molar-refractivity contribution in [3.8, 4) is 0 Å². The summed E-state index contributed by atoms with van der Waals surface area (Å²) in [5, 5.41) is 2.23. The van der Waals surface area contributed by atoms with Crippen LogP contribution in [0.15, 0.2) is 0 Å². The fraction of sp³-hybridized carbons (Fsp3) is 0.889. The number of carbonyl (C=O) groups is 1. The number of halogens is 3. The molecule has 1 fully saturated rings. The van der Waals surface area contributed by atoms with Crippen LogP contribution in [-0.2, 0) is 9.53 Å². The number of alkyl halides is 3. The molecule has 94 valence electrons. The van der Waals surface area contributed by atoms with E-state index in [4.69, 9.17) is 10.5 Å². The molecular formula is C9H15F3N2O2. The lowest BCUT2D eigenvalue weighted by atomic mass is 9.85. The molecule has 2 atom stereocenters. The quantitative estimate of drug-likeness (QED) is 0.751. The fourth-order valence-electron chi connectivity index (χ4n) is 1.44. The standard InChI is InChI=1S/C9H15F3N2O2/c1-8(5-16-4-6(8)13)7(15)14-3-2-9(10,11)12/h6H,2-5,13H2,1H3,(H,14,15). The fourth-order valence-corrected chi connectivity index (χ4v) is 1.44. The van der Waals surface area contributed by atoms with Crippen LogP contribution in [0, 0.1) is 5.41 Å². The third-order valence-corrected chi connectivity index (χ3v) is 2.73. The summed E-state index contributed by atoms with van der Waals surface area (Å²) in [6.07, 6.45) is -5.30. The van der Waals surface area contributed by atoms with E-state index < -0.39 is 36.5 Å². The number of hydrogen-bond acceptors (Lipinski definition) is 3. The van der Waals surface area contributed by atoms with Gasteiger partial charge in [-0.2, -0.15) is 13.2 Å². The van der Waals surface area contributed by atoms with Crippen LogP contribution in [0.1, 0.15) is 13.3 Å². The molecule has 0 aromatic carbocycles. The molecule has 16 heavy (non-hydrogen) atoms. The van der Waals surface area contributed by atoms with E-state index in [1.165, 1.54) is 0 Å². The van der Waals surface area contributed by atoms with Crippen molar-refractivity contribution in [1.29, 1.82) is 0 Å². The summed E-state index contributed by atoms with van der Waals surface area (Å²) in [5.41, 5.74) is 4.74. The maximum absolute atomic E-state index is 11.9. The Balaban J connectivity index is 2.41. The van der Waals surface area contributed by atoms with Crippen molar-refractivity contribution in [2.75, 3.05) is 19.8 Å². The van der Waals surface area contributed by atoms with Gasteiger partial charge in [-0.25, -0.2) is 0 Å². The minimum atomic E-state index is -4.26. The minimum absolute atomic E-state index is 0.145. The van der Waals surface area contributed by atoms with Crippen LogP contribution >= 0.6 is 0 Å². The van der Waals surface area contributed by atoms with Gasteiger partial charge in [0.2, 0.25) is 5.91 Å². The third kappa shape index (κ3) is 3.08. The molecule has 1 heterocycles. The van der Waals surface area contributed by atoms with E-state index in [0.717, 1.165) is 0 Å². The molecule has 0 bridgehead atoms. The van der Waals surface area contributed by atoms with Gasteiger partial charge in [0, 0.05) is 12.6 Å². The topological polar surface area (TPSA) is 64.3 Å². The first-order valence-corrected chi connectivity index (χ1v) is 4.94. The molecule has 3 N–H and O–H groups in total. The Bertz CT molecular complexity index is 270. The monoisotopic (exact) mass is 240 g/mol. The van der Waals surface area contributed by atoms with Gasteiger partial charge < -0.3 is 15.8 Å². The van der Waals surface area contributed by atoms with Crippen molar-refractivity contribution >= 4 is 5.91 Å². The van der Waals surface area contributed by atoms with E-state index in [-0.39, 0.29) is 13.2 Å². The summed E-state index contributed by atoms with van der Waals surface area (Å²) < 4.78 is 40.6. The zero-order chi connectivity index (χ0) is 12.4. The van der Waals surface area contributed by atoms with Crippen molar-refractivity contribution in [3.05, 3.63) is 0 Å².